The van der Waals surface area contributed by atoms with Crippen molar-refractivity contribution in [2.24, 2.45) is 0 Å². The summed E-state index contributed by atoms with van der Waals surface area (Å²) < 4.78 is 0. The number of ketones is 1. The second-order valence-electron chi connectivity index (χ2n) is 6.77. The van der Waals surface area contributed by atoms with Crippen LogP contribution in [0.3, 0.4) is 0 Å². The molecule has 0 radical (unpaired) electrons. The van der Waals surface area contributed by atoms with E-state index >= 15 is 0 Å². The van der Waals surface area contributed by atoms with Crippen LogP contribution in [0.2, 0.25) is 0 Å². The zero-order valence-corrected chi connectivity index (χ0v) is 16.4. The predicted octanol–water partition coefficient (Wildman–Crippen LogP) is 4.41. The van der Waals surface area contributed by atoms with Gasteiger partial charge in [0.05, 0.1) is 0 Å². The SMILES string of the molecule is CC(=O)c1cccc(NC(=O)c2cc(C(=O)Nc3ccc(C)c(C)c3)ccn2)c1. The number of benzene rings is 2. The molecule has 0 saturated carbocycles. The maximum Gasteiger partial charge on any atom is 0.274 e. The van der Waals surface area contributed by atoms with E-state index in [1.165, 1.54) is 19.2 Å². The first-order valence-electron chi connectivity index (χ1n) is 9.10. The fraction of sp³-hybridized carbons (Fsp3) is 0.130. The van der Waals surface area contributed by atoms with Gasteiger partial charge in [0.2, 0.25) is 0 Å². The van der Waals surface area contributed by atoms with Crippen molar-refractivity contribution in [3.63, 3.8) is 0 Å². The Kier molecular flexibility index (Phi) is 5.83. The van der Waals surface area contributed by atoms with E-state index in [2.05, 4.69) is 15.6 Å². The molecular weight excluding hydrogens is 366 g/mol. The molecule has 146 valence electrons. The van der Waals surface area contributed by atoms with Gasteiger partial charge in [-0.1, -0.05) is 18.2 Å². The summed E-state index contributed by atoms with van der Waals surface area (Å²) in [4.78, 5) is 40.6. The van der Waals surface area contributed by atoms with Crippen LogP contribution in [0.15, 0.2) is 60.8 Å². The van der Waals surface area contributed by atoms with E-state index in [0.717, 1.165) is 11.1 Å². The van der Waals surface area contributed by atoms with Crippen LogP contribution >= 0.6 is 0 Å². The smallest absolute Gasteiger partial charge is 0.274 e. The first-order chi connectivity index (χ1) is 13.8. The highest BCUT2D eigenvalue weighted by atomic mass is 16.2. The van der Waals surface area contributed by atoms with Crippen LogP contribution in [-0.4, -0.2) is 22.6 Å². The number of nitrogens with zero attached hydrogens (tertiary/aromatic N) is 1. The van der Waals surface area contributed by atoms with Crippen LogP contribution in [0.25, 0.3) is 0 Å². The van der Waals surface area contributed by atoms with Crippen molar-refractivity contribution in [1.29, 1.82) is 0 Å². The Balaban J connectivity index is 1.75. The minimum Gasteiger partial charge on any atom is -0.322 e. The molecule has 0 aliphatic heterocycles. The molecule has 3 aromatic rings. The Bertz CT molecular complexity index is 1110. The Morgan fingerprint density at radius 2 is 1.48 bits per heavy atom. The average molecular weight is 387 g/mol. The van der Waals surface area contributed by atoms with Crippen molar-refractivity contribution in [3.8, 4) is 0 Å². The largest absolute Gasteiger partial charge is 0.322 e. The molecule has 0 aliphatic rings. The van der Waals surface area contributed by atoms with Crippen LogP contribution in [0.4, 0.5) is 11.4 Å². The van der Waals surface area contributed by atoms with Crippen molar-refractivity contribution in [1.82, 2.24) is 4.98 Å². The number of Topliss-reactive ketones (excluding diaryl/α,β-unsaturated/α-hetero) is 1. The van der Waals surface area contributed by atoms with E-state index in [9.17, 15) is 14.4 Å². The molecule has 0 atom stereocenters. The number of nitrogens with one attached hydrogen (secondary N) is 2. The lowest BCUT2D eigenvalue weighted by Crippen LogP contribution is -2.17. The summed E-state index contributed by atoms with van der Waals surface area (Å²) in [7, 11) is 0. The molecule has 0 bridgehead atoms. The molecule has 0 aliphatic carbocycles. The van der Waals surface area contributed by atoms with Crippen LogP contribution < -0.4 is 10.6 Å². The Morgan fingerprint density at radius 1 is 0.759 bits per heavy atom. The number of anilines is 2. The number of pyridine rings is 1. The summed E-state index contributed by atoms with van der Waals surface area (Å²) >= 11 is 0. The van der Waals surface area contributed by atoms with Crippen molar-refractivity contribution in [2.45, 2.75) is 20.8 Å². The molecule has 2 N–H and O–H groups in total. The molecule has 6 nitrogen and oxygen atoms in total. The zero-order valence-electron chi connectivity index (χ0n) is 16.4. The average Bonchev–Trinajstić information content (AvgIpc) is 2.71. The molecule has 0 saturated heterocycles. The molecule has 2 aromatic carbocycles. The Hall–Kier alpha value is -3.80. The van der Waals surface area contributed by atoms with E-state index in [0.29, 0.717) is 22.5 Å². The van der Waals surface area contributed by atoms with Crippen LogP contribution in [0.1, 0.15) is 49.3 Å². The number of hydrogen-bond acceptors (Lipinski definition) is 4. The third-order valence-corrected chi connectivity index (χ3v) is 4.55. The van der Waals surface area contributed by atoms with Crippen molar-refractivity contribution < 1.29 is 14.4 Å². The number of aromatic nitrogens is 1. The lowest BCUT2D eigenvalue weighted by atomic mass is 10.1. The molecule has 0 spiro atoms. The highest BCUT2D eigenvalue weighted by Gasteiger charge is 2.13. The third kappa shape index (κ3) is 4.93. The van der Waals surface area contributed by atoms with E-state index in [4.69, 9.17) is 0 Å². The van der Waals surface area contributed by atoms with Crippen LogP contribution in [0.5, 0.6) is 0 Å². The number of rotatable bonds is 5. The number of hydrogen-bond donors (Lipinski definition) is 2. The second-order valence-corrected chi connectivity index (χ2v) is 6.77. The molecule has 3 rings (SSSR count). The van der Waals surface area contributed by atoms with Gasteiger partial charge >= 0.3 is 0 Å². The summed E-state index contributed by atoms with van der Waals surface area (Å²) in [5.41, 5.74) is 4.30. The lowest BCUT2D eigenvalue weighted by Gasteiger charge is -2.09. The molecule has 0 unspecified atom stereocenters. The van der Waals surface area contributed by atoms with Crippen molar-refractivity contribution in [3.05, 3.63) is 88.7 Å². The molecular formula is C23H21N3O3. The summed E-state index contributed by atoms with van der Waals surface area (Å²) in [5, 5.41) is 5.52. The van der Waals surface area contributed by atoms with Gasteiger partial charge in [-0.15, -0.1) is 0 Å². The topological polar surface area (TPSA) is 88.2 Å². The maximum atomic E-state index is 12.6. The molecule has 2 amide bonds. The lowest BCUT2D eigenvalue weighted by molar-refractivity contribution is 0.100. The number of carbonyl (C=O) groups is 3. The molecule has 0 fully saturated rings. The van der Waals surface area contributed by atoms with E-state index in [1.807, 2.05) is 32.0 Å². The predicted molar refractivity (Wildman–Crippen MR) is 113 cm³/mol. The Labute approximate surface area is 169 Å². The molecule has 1 aromatic heterocycles. The third-order valence-electron chi connectivity index (χ3n) is 4.55. The van der Waals surface area contributed by atoms with Gasteiger partial charge in [-0.3, -0.25) is 19.4 Å². The maximum absolute atomic E-state index is 12.6. The summed E-state index contributed by atoms with van der Waals surface area (Å²) in [6.45, 7) is 5.43. The standard InChI is InChI=1S/C23H21N3O3/c1-14-7-8-20(11-15(14)2)25-22(28)18-9-10-24-21(13-18)23(29)26-19-6-4-5-17(12-19)16(3)27/h4-13H,1-3H3,(H,25,28)(H,26,29). The normalized spacial score (nSPS) is 10.3. The van der Waals surface area contributed by atoms with Gasteiger partial charge in [-0.05, 0) is 68.3 Å². The zero-order chi connectivity index (χ0) is 21.0. The van der Waals surface area contributed by atoms with E-state index in [1.54, 1.807) is 30.3 Å². The van der Waals surface area contributed by atoms with E-state index < -0.39 is 5.91 Å². The first-order valence-corrected chi connectivity index (χ1v) is 9.10. The first kappa shape index (κ1) is 19.9. The summed E-state index contributed by atoms with van der Waals surface area (Å²) in [5.74, 6) is -0.890. The highest BCUT2D eigenvalue weighted by molar-refractivity contribution is 6.08. The minimum absolute atomic E-state index is 0.0933. The molecule has 6 heteroatoms. The van der Waals surface area contributed by atoms with Gasteiger partial charge in [-0.25, -0.2) is 0 Å². The van der Waals surface area contributed by atoms with Crippen molar-refractivity contribution >= 4 is 29.0 Å². The highest BCUT2D eigenvalue weighted by Crippen LogP contribution is 2.16. The van der Waals surface area contributed by atoms with Crippen molar-refractivity contribution in [2.75, 3.05) is 10.6 Å². The van der Waals surface area contributed by atoms with E-state index in [-0.39, 0.29) is 17.4 Å². The fourth-order valence-corrected chi connectivity index (χ4v) is 2.73. The minimum atomic E-state index is -0.466. The van der Waals surface area contributed by atoms with Gasteiger partial charge in [0.15, 0.2) is 5.78 Å². The van der Waals surface area contributed by atoms with Crippen LogP contribution in [-0.2, 0) is 0 Å². The van der Waals surface area contributed by atoms with Gasteiger partial charge in [0.25, 0.3) is 11.8 Å². The number of aryl methyl sites for hydroxylation is 2. The van der Waals surface area contributed by atoms with Gasteiger partial charge in [-0.2, -0.15) is 0 Å². The quantitative estimate of drug-likeness (QED) is 0.635. The van der Waals surface area contributed by atoms with Crippen LogP contribution in [0, 0.1) is 13.8 Å². The number of carbonyl (C=O) groups excluding carboxylic acids is 3. The Morgan fingerprint density at radius 3 is 2.21 bits per heavy atom. The second kappa shape index (κ2) is 8.48. The molecule has 1 heterocycles. The molecule has 29 heavy (non-hydrogen) atoms. The number of amides is 2. The summed E-state index contributed by atoms with van der Waals surface area (Å²) in [6.07, 6.45) is 1.41. The van der Waals surface area contributed by atoms with Gasteiger partial charge in [0, 0.05) is 28.7 Å². The van der Waals surface area contributed by atoms with Gasteiger partial charge in [0.1, 0.15) is 5.69 Å². The summed E-state index contributed by atoms with van der Waals surface area (Å²) in [6, 6.07) is 15.3. The fourth-order valence-electron chi connectivity index (χ4n) is 2.73. The van der Waals surface area contributed by atoms with Gasteiger partial charge < -0.3 is 10.6 Å². The monoisotopic (exact) mass is 387 g/mol.